The fourth-order valence-electron chi connectivity index (χ4n) is 0.814. The fourth-order valence-corrected chi connectivity index (χ4v) is 2.28. The Morgan fingerprint density at radius 3 is 3.08 bits per heavy atom. The Labute approximate surface area is 85.3 Å². The molecule has 0 aromatic carbocycles. The van der Waals surface area contributed by atoms with Gasteiger partial charge in [-0.25, -0.2) is 0 Å². The quantitative estimate of drug-likeness (QED) is 0.634. The van der Waals surface area contributed by atoms with Crippen molar-refractivity contribution in [1.29, 1.82) is 0 Å². The maximum atomic E-state index is 5.12. The molecule has 1 heterocycles. The largest absolute Gasteiger partial charge is 0.311 e. The van der Waals surface area contributed by atoms with Crippen LogP contribution < -0.4 is 5.32 Å². The lowest BCUT2D eigenvalue weighted by Crippen LogP contribution is -2.13. The Morgan fingerprint density at radius 1 is 1.67 bits per heavy atom. The van der Waals surface area contributed by atoms with E-state index in [1.807, 2.05) is 0 Å². The molecule has 1 aromatic rings. The number of nitrogens with one attached hydrogen (secondary N) is 1. The Hall–Kier alpha value is -0.300. The fraction of sp³-hybridized carbons (Fsp3) is 0.333. The van der Waals surface area contributed by atoms with E-state index in [1.165, 1.54) is 9.35 Å². The summed E-state index contributed by atoms with van der Waals surface area (Å²) in [6, 6.07) is 2.06. The van der Waals surface area contributed by atoms with Gasteiger partial charge in [-0.3, -0.25) is 0 Å². The van der Waals surface area contributed by atoms with Crippen molar-refractivity contribution >= 4 is 27.3 Å². The van der Waals surface area contributed by atoms with Crippen LogP contribution in [0.25, 0.3) is 0 Å². The standard InChI is InChI=1S/C9H10BrNS/c1-2-3-5-11-7-9-8(10)4-6-12-9/h1,4,6,11H,3,5,7H2. The smallest absolute Gasteiger partial charge is 0.0327 e. The minimum Gasteiger partial charge on any atom is -0.311 e. The number of halogens is 1. The van der Waals surface area contributed by atoms with Gasteiger partial charge >= 0.3 is 0 Å². The summed E-state index contributed by atoms with van der Waals surface area (Å²) in [5.74, 6) is 2.59. The van der Waals surface area contributed by atoms with E-state index in [1.54, 1.807) is 11.3 Å². The van der Waals surface area contributed by atoms with Gasteiger partial charge < -0.3 is 5.32 Å². The van der Waals surface area contributed by atoms with Gasteiger partial charge in [-0.05, 0) is 27.4 Å². The molecule has 0 fully saturated rings. The van der Waals surface area contributed by atoms with Crippen molar-refractivity contribution < 1.29 is 0 Å². The van der Waals surface area contributed by atoms with Crippen LogP contribution in [0.4, 0.5) is 0 Å². The van der Waals surface area contributed by atoms with Crippen molar-refractivity contribution in [2.24, 2.45) is 0 Å². The molecule has 0 aliphatic rings. The van der Waals surface area contributed by atoms with Crippen LogP contribution in [-0.2, 0) is 6.54 Å². The maximum Gasteiger partial charge on any atom is 0.0327 e. The second kappa shape index (κ2) is 5.36. The highest BCUT2D eigenvalue weighted by Crippen LogP contribution is 2.21. The van der Waals surface area contributed by atoms with Crippen LogP contribution in [0.2, 0.25) is 0 Å². The third-order valence-electron chi connectivity index (χ3n) is 1.42. The summed E-state index contributed by atoms with van der Waals surface area (Å²) in [5, 5.41) is 5.34. The molecule has 0 aliphatic heterocycles. The van der Waals surface area contributed by atoms with Crippen molar-refractivity contribution in [3.8, 4) is 12.3 Å². The van der Waals surface area contributed by atoms with Gasteiger partial charge in [0.05, 0.1) is 0 Å². The van der Waals surface area contributed by atoms with Crippen molar-refractivity contribution in [2.75, 3.05) is 6.54 Å². The Balaban J connectivity index is 2.25. The number of terminal acetylenes is 1. The lowest BCUT2D eigenvalue weighted by molar-refractivity contribution is 0.707. The molecule has 1 rings (SSSR count). The van der Waals surface area contributed by atoms with Crippen LogP contribution in [0, 0.1) is 12.3 Å². The second-order valence-electron chi connectivity index (χ2n) is 2.32. The van der Waals surface area contributed by atoms with Crippen LogP contribution in [0.15, 0.2) is 15.9 Å². The van der Waals surface area contributed by atoms with Gasteiger partial charge in [-0.15, -0.1) is 23.7 Å². The first-order valence-corrected chi connectivity index (χ1v) is 5.38. The minimum atomic E-state index is 0.795. The summed E-state index contributed by atoms with van der Waals surface area (Å²) in [6.45, 7) is 1.79. The molecule has 0 amide bonds. The highest BCUT2D eigenvalue weighted by molar-refractivity contribution is 9.10. The topological polar surface area (TPSA) is 12.0 Å². The van der Waals surface area contributed by atoms with Gasteiger partial charge in [-0.2, -0.15) is 0 Å². The van der Waals surface area contributed by atoms with E-state index < -0.39 is 0 Å². The lowest BCUT2D eigenvalue weighted by atomic mass is 10.4. The summed E-state index contributed by atoms with van der Waals surface area (Å²) in [5.41, 5.74) is 0. The first-order valence-electron chi connectivity index (χ1n) is 3.70. The van der Waals surface area contributed by atoms with Crippen molar-refractivity contribution in [2.45, 2.75) is 13.0 Å². The molecule has 0 atom stereocenters. The molecule has 64 valence electrons. The SMILES string of the molecule is C#CCCNCc1sccc1Br. The number of thiophene rings is 1. The summed E-state index contributed by atoms with van der Waals surface area (Å²) >= 11 is 5.21. The number of hydrogen-bond acceptors (Lipinski definition) is 2. The van der Waals surface area contributed by atoms with E-state index in [4.69, 9.17) is 6.42 Å². The molecule has 1 aromatic heterocycles. The second-order valence-corrected chi connectivity index (χ2v) is 4.18. The molecule has 0 saturated heterocycles. The van der Waals surface area contributed by atoms with E-state index in [-0.39, 0.29) is 0 Å². The molecule has 1 nitrogen and oxygen atoms in total. The van der Waals surface area contributed by atoms with Crippen LogP contribution in [0.5, 0.6) is 0 Å². The average molecular weight is 244 g/mol. The van der Waals surface area contributed by atoms with Gasteiger partial charge in [0.15, 0.2) is 0 Å². The van der Waals surface area contributed by atoms with Crippen LogP contribution in [-0.4, -0.2) is 6.54 Å². The van der Waals surface area contributed by atoms with E-state index >= 15 is 0 Å². The lowest BCUT2D eigenvalue weighted by Gasteiger charge is -1.99. The first kappa shape index (κ1) is 9.79. The van der Waals surface area contributed by atoms with Crippen molar-refractivity contribution in [3.05, 3.63) is 20.8 Å². The van der Waals surface area contributed by atoms with Crippen molar-refractivity contribution in [3.63, 3.8) is 0 Å². The zero-order valence-electron chi connectivity index (χ0n) is 6.64. The summed E-state index contributed by atoms with van der Waals surface area (Å²) in [4.78, 5) is 1.33. The predicted molar refractivity (Wildman–Crippen MR) is 57.2 cm³/mol. The van der Waals surface area contributed by atoms with Gasteiger partial charge in [0.1, 0.15) is 0 Å². The zero-order valence-corrected chi connectivity index (χ0v) is 9.04. The highest BCUT2D eigenvalue weighted by atomic mass is 79.9. The first-order chi connectivity index (χ1) is 5.84. The molecule has 3 heteroatoms. The van der Waals surface area contributed by atoms with E-state index in [2.05, 4.69) is 38.6 Å². The Kier molecular flexibility index (Phi) is 4.37. The molecule has 0 bridgehead atoms. The molecule has 0 spiro atoms. The Morgan fingerprint density at radius 2 is 2.50 bits per heavy atom. The van der Waals surface area contributed by atoms with Gasteiger partial charge in [-0.1, -0.05) is 0 Å². The predicted octanol–water partition coefficient (Wildman–Crippen LogP) is 2.62. The van der Waals surface area contributed by atoms with Gasteiger partial charge in [0.2, 0.25) is 0 Å². The summed E-state index contributed by atoms with van der Waals surface area (Å²) in [7, 11) is 0. The Bertz CT molecular complexity index is 274. The number of rotatable bonds is 4. The normalized spacial score (nSPS) is 9.67. The van der Waals surface area contributed by atoms with E-state index in [0.717, 1.165) is 19.5 Å². The zero-order chi connectivity index (χ0) is 8.81. The maximum absolute atomic E-state index is 5.12. The molecule has 0 radical (unpaired) electrons. The summed E-state index contributed by atoms with van der Waals surface area (Å²) in [6.07, 6.45) is 5.92. The third kappa shape index (κ3) is 2.98. The van der Waals surface area contributed by atoms with E-state index in [9.17, 15) is 0 Å². The molecule has 0 unspecified atom stereocenters. The van der Waals surface area contributed by atoms with Crippen LogP contribution in [0.1, 0.15) is 11.3 Å². The molecular weight excluding hydrogens is 234 g/mol. The van der Waals surface area contributed by atoms with Gasteiger partial charge in [0, 0.05) is 28.9 Å². The highest BCUT2D eigenvalue weighted by Gasteiger charge is 1.98. The van der Waals surface area contributed by atoms with Crippen LogP contribution in [0.3, 0.4) is 0 Å². The third-order valence-corrected chi connectivity index (χ3v) is 3.35. The average Bonchev–Trinajstić information content (AvgIpc) is 2.46. The molecule has 0 saturated carbocycles. The van der Waals surface area contributed by atoms with Crippen molar-refractivity contribution in [1.82, 2.24) is 5.32 Å². The summed E-state index contributed by atoms with van der Waals surface area (Å²) < 4.78 is 1.18. The monoisotopic (exact) mass is 243 g/mol. The molecule has 1 N–H and O–H groups in total. The minimum absolute atomic E-state index is 0.795. The van der Waals surface area contributed by atoms with E-state index in [0.29, 0.717) is 0 Å². The molecule has 0 aliphatic carbocycles. The van der Waals surface area contributed by atoms with Crippen LogP contribution >= 0.6 is 27.3 Å². The molecule has 12 heavy (non-hydrogen) atoms. The molecular formula is C9H10BrNS. The number of hydrogen-bond donors (Lipinski definition) is 1. The van der Waals surface area contributed by atoms with Gasteiger partial charge in [0.25, 0.3) is 0 Å².